The maximum atomic E-state index is 13.5. The van der Waals surface area contributed by atoms with Crippen molar-refractivity contribution in [2.24, 2.45) is 5.73 Å². The number of rotatable bonds is 6. The van der Waals surface area contributed by atoms with Gasteiger partial charge >= 0.3 is 0 Å². The molecule has 0 atom stereocenters. The Morgan fingerprint density at radius 2 is 1.67 bits per heavy atom. The first kappa shape index (κ1) is 15.3. The molecule has 3 nitrogen and oxygen atoms in total. The molecule has 0 unspecified atom stereocenters. The van der Waals surface area contributed by atoms with Gasteiger partial charge < -0.3 is 15.2 Å². The molecule has 0 fully saturated rings. The second-order valence-electron chi connectivity index (χ2n) is 4.53. The third kappa shape index (κ3) is 3.52. The molecule has 21 heavy (non-hydrogen) atoms. The van der Waals surface area contributed by atoms with Crippen molar-refractivity contribution in [1.82, 2.24) is 0 Å². The quantitative estimate of drug-likeness (QED) is 0.881. The second-order valence-corrected chi connectivity index (χ2v) is 4.53. The van der Waals surface area contributed by atoms with Gasteiger partial charge in [-0.2, -0.15) is 0 Å². The molecule has 4 heteroatoms. The predicted octanol–water partition coefficient (Wildman–Crippen LogP) is 3.75. The van der Waals surface area contributed by atoms with Gasteiger partial charge in [0.2, 0.25) is 0 Å². The Labute approximate surface area is 124 Å². The topological polar surface area (TPSA) is 44.5 Å². The number of hydrogen-bond donors (Lipinski definition) is 1. The molecule has 0 heterocycles. The molecule has 0 aliphatic rings. The van der Waals surface area contributed by atoms with Crippen LogP contribution in [0, 0.1) is 5.82 Å². The number of hydrogen-bond acceptors (Lipinski definition) is 3. The Morgan fingerprint density at radius 3 is 2.33 bits per heavy atom. The monoisotopic (exact) mass is 289 g/mol. The van der Waals surface area contributed by atoms with Crippen LogP contribution in [-0.4, -0.2) is 13.2 Å². The van der Waals surface area contributed by atoms with Gasteiger partial charge in [0.15, 0.2) is 11.5 Å². The minimum Gasteiger partial charge on any atom is -0.490 e. The first-order chi connectivity index (χ1) is 10.2. The summed E-state index contributed by atoms with van der Waals surface area (Å²) in [7, 11) is 0. The fourth-order valence-corrected chi connectivity index (χ4v) is 2.21. The van der Waals surface area contributed by atoms with Crippen LogP contribution >= 0.6 is 0 Å². The van der Waals surface area contributed by atoms with Gasteiger partial charge in [0, 0.05) is 6.54 Å². The van der Waals surface area contributed by atoms with Crippen molar-refractivity contribution in [3.8, 4) is 22.6 Å². The molecule has 0 amide bonds. The molecule has 0 aliphatic heterocycles. The van der Waals surface area contributed by atoms with E-state index in [1.807, 2.05) is 32.0 Å². The summed E-state index contributed by atoms with van der Waals surface area (Å²) in [6.45, 7) is 5.29. The normalized spacial score (nSPS) is 10.5. The van der Waals surface area contributed by atoms with E-state index in [9.17, 15) is 4.39 Å². The highest BCUT2D eigenvalue weighted by Gasteiger charge is 2.11. The van der Waals surface area contributed by atoms with Crippen molar-refractivity contribution in [3.05, 3.63) is 47.8 Å². The van der Waals surface area contributed by atoms with Crippen molar-refractivity contribution in [2.45, 2.75) is 20.4 Å². The summed E-state index contributed by atoms with van der Waals surface area (Å²) in [6, 6.07) is 10.2. The Kier molecular flexibility index (Phi) is 5.17. The third-order valence-electron chi connectivity index (χ3n) is 3.15. The van der Waals surface area contributed by atoms with Gasteiger partial charge in [-0.3, -0.25) is 0 Å². The van der Waals surface area contributed by atoms with Crippen molar-refractivity contribution in [3.63, 3.8) is 0 Å². The Hall–Kier alpha value is -2.07. The minimum absolute atomic E-state index is 0.283. The van der Waals surface area contributed by atoms with Crippen molar-refractivity contribution in [1.29, 1.82) is 0 Å². The van der Waals surface area contributed by atoms with Gasteiger partial charge in [-0.25, -0.2) is 4.39 Å². The van der Waals surface area contributed by atoms with Crippen LogP contribution in [0.1, 0.15) is 19.4 Å². The molecular formula is C17H20FNO2. The number of ether oxygens (including phenoxy) is 2. The van der Waals surface area contributed by atoms with E-state index in [0.717, 1.165) is 16.7 Å². The lowest BCUT2D eigenvalue weighted by molar-refractivity contribution is 0.288. The summed E-state index contributed by atoms with van der Waals surface area (Å²) in [6.07, 6.45) is 0. The van der Waals surface area contributed by atoms with Crippen LogP contribution in [0.25, 0.3) is 11.1 Å². The van der Waals surface area contributed by atoms with Crippen LogP contribution < -0.4 is 15.2 Å². The fraction of sp³-hybridized carbons (Fsp3) is 0.294. The van der Waals surface area contributed by atoms with E-state index in [0.29, 0.717) is 31.3 Å². The molecular weight excluding hydrogens is 269 g/mol. The molecule has 2 N–H and O–H groups in total. The highest BCUT2D eigenvalue weighted by atomic mass is 19.1. The van der Waals surface area contributed by atoms with Crippen molar-refractivity contribution >= 4 is 0 Å². The largest absolute Gasteiger partial charge is 0.490 e. The first-order valence-electron chi connectivity index (χ1n) is 7.08. The zero-order valence-electron chi connectivity index (χ0n) is 12.4. The van der Waals surface area contributed by atoms with Crippen LogP contribution in [-0.2, 0) is 6.54 Å². The molecule has 0 aromatic heterocycles. The number of nitrogens with two attached hydrogens (primary N) is 1. The molecule has 2 aromatic rings. The van der Waals surface area contributed by atoms with E-state index in [1.165, 1.54) is 12.1 Å². The second kappa shape index (κ2) is 7.09. The van der Waals surface area contributed by atoms with Crippen LogP contribution in [0.2, 0.25) is 0 Å². The average molecular weight is 289 g/mol. The van der Waals surface area contributed by atoms with E-state index in [4.69, 9.17) is 15.2 Å². The molecule has 0 spiro atoms. The third-order valence-corrected chi connectivity index (χ3v) is 3.15. The highest BCUT2D eigenvalue weighted by Crippen LogP contribution is 2.34. The zero-order chi connectivity index (χ0) is 15.2. The van der Waals surface area contributed by atoms with Crippen LogP contribution in [0.5, 0.6) is 11.5 Å². The number of benzene rings is 2. The molecule has 0 radical (unpaired) electrons. The van der Waals surface area contributed by atoms with Gasteiger partial charge in [-0.1, -0.05) is 12.1 Å². The summed E-state index contributed by atoms with van der Waals surface area (Å²) in [4.78, 5) is 0. The van der Waals surface area contributed by atoms with Crippen molar-refractivity contribution < 1.29 is 13.9 Å². The van der Waals surface area contributed by atoms with Gasteiger partial charge in [0.25, 0.3) is 0 Å². The molecule has 0 aliphatic carbocycles. The summed E-state index contributed by atoms with van der Waals surface area (Å²) < 4.78 is 24.7. The zero-order valence-corrected chi connectivity index (χ0v) is 12.4. The van der Waals surface area contributed by atoms with Gasteiger partial charge in [0.05, 0.1) is 13.2 Å². The lowest BCUT2D eigenvalue weighted by Gasteiger charge is -2.14. The van der Waals surface area contributed by atoms with E-state index in [1.54, 1.807) is 6.07 Å². The molecule has 0 saturated carbocycles. The summed E-state index contributed by atoms with van der Waals surface area (Å²) in [5.74, 6) is 1.06. The van der Waals surface area contributed by atoms with E-state index in [2.05, 4.69) is 0 Å². The minimum atomic E-state index is -0.283. The van der Waals surface area contributed by atoms with Gasteiger partial charge in [-0.15, -0.1) is 0 Å². The van der Waals surface area contributed by atoms with Crippen LogP contribution in [0.3, 0.4) is 0 Å². The molecule has 0 saturated heterocycles. The average Bonchev–Trinajstić information content (AvgIpc) is 2.49. The van der Waals surface area contributed by atoms with Crippen molar-refractivity contribution in [2.75, 3.05) is 13.2 Å². The molecule has 112 valence electrons. The van der Waals surface area contributed by atoms with E-state index in [-0.39, 0.29) is 5.82 Å². The maximum Gasteiger partial charge on any atom is 0.161 e. The lowest BCUT2D eigenvalue weighted by atomic mass is 9.99. The number of halogens is 1. The van der Waals surface area contributed by atoms with E-state index < -0.39 is 0 Å². The van der Waals surface area contributed by atoms with Gasteiger partial charge in [0.1, 0.15) is 5.82 Å². The Bertz CT molecular complexity index is 614. The fourth-order valence-electron chi connectivity index (χ4n) is 2.21. The van der Waals surface area contributed by atoms with Crippen LogP contribution in [0.15, 0.2) is 36.4 Å². The Morgan fingerprint density at radius 1 is 0.952 bits per heavy atom. The SMILES string of the molecule is CCOc1ccc(-c2cc(F)ccc2CN)cc1OCC. The summed E-state index contributed by atoms with van der Waals surface area (Å²) >= 11 is 0. The summed E-state index contributed by atoms with van der Waals surface area (Å²) in [5, 5.41) is 0. The standard InChI is InChI=1S/C17H20FNO2/c1-3-20-16-8-6-12(9-17(16)21-4-2)15-10-14(18)7-5-13(15)11-19/h5-10H,3-4,11,19H2,1-2H3. The Balaban J connectivity index is 2.49. The predicted molar refractivity (Wildman–Crippen MR) is 82.1 cm³/mol. The highest BCUT2D eigenvalue weighted by molar-refractivity contribution is 5.70. The first-order valence-corrected chi connectivity index (χ1v) is 7.08. The van der Waals surface area contributed by atoms with Gasteiger partial charge in [-0.05, 0) is 54.8 Å². The lowest BCUT2D eigenvalue weighted by Crippen LogP contribution is -2.01. The van der Waals surface area contributed by atoms with E-state index >= 15 is 0 Å². The molecule has 2 rings (SSSR count). The smallest absolute Gasteiger partial charge is 0.161 e. The molecule has 0 bridgehead atoms. The summed E-state index contributed by atoms with van der Waals surface area (Å²) in [5.41, 5.74) is 8.27. The maximum absolute atomic E-state index is 13.5. The molecule has 2 aromatic carbocycles. The van der Waals surface area contributed by atoms with Crippen LogP contribution in [0.4, 0.5) is 4.39 Å².